The van der Waals surface area contributed by atoms with E-state index in [0.717, 1.165) is 67.3 Å². The average Bonchev–Trinajstić information content (AvgIpc) is 3.67. The van der Waals surface area contributed by atoms with Gasteiger partial charge in [0.1, 0.15) is 24.0 Å². The van der Waals surface area contributed by atoms with E-state index in [1.807, 2.05) is 36.4 Å². The molecule has 0 unspecified atom stereocenters. The van der Waals surface area contributed by atoms with Gasteiger partial charge in [0.05, 0.1) is 21.7 Å². The van der Waals surface area contributed by atoms with Crippen molar-refractivity contribution in [1.29, 1.82) is 5.26 Å². The molecule has 13 heteroatoms. The van der Waals surface area contributed by atoms with Crippen LogP contribution in [-0.4, -0.2) is 90.2 Å². The lowest BCUT2D eigenvalue weighted by Crippen LogP contribution is -2.74. The lowest BCUT2D eigenvalue weighted by Gasteiger charge is -2.63. The molecule has 290 valence electrons. The molecule has 0 spiro atoms. The molecule has 2 saturated heterocycles. The number of ether oxygens (including phenoxy) is 1. The molecule has 12 nitrogen and oxygen atoms in total. The van der Waals surface area contributed by atoms with Crippen LogP contribution in [0.2, 0.25) is 5.02 Å². The van der Waals surface area contributed by atoms with Crippen LogP contribution in [0.3, 0.4) is 0 Å². The molecule has 3 heterocycles. The Balaban J connectivity index is 0.822. The number of nitrogens with one attached hydrogen (secondary N) is 2. The van der Waals surface area contributed by atoms with Crippen molar-refractivity contribution < 1.29 is 28.7 Å². The number of carbonyl (C=O) groups is 5. The first-order valence-corrected chi connectivity index (χ1v) is 19.7. The van der Waals surface area contributed by atoms with Gasteiger partial charge in [-0.1, -0.05) is 39.3 Å². The Morgan fingerprint density at radius 1 is 0.911 bits per heavy atom. The maximum absolute atomic E-state index is 13.5. The van der Waals surface area contributed by atoms with Crippen LogP contribution in [-0.2, 0) is 22.4 Å². The molecule has 1 atom stereocenters. The molecule has 2 N–H and O–H groups in total. The van der Waals surface area contributed by atoms with E-state index in [9.17, 15) is 29.2 Å². The molecule has 3 fully saturated rings. The highest BCUT2D eigenvalue weighted by Crippen LogP contribution is 2.55. The van der Waals surface area contributed by atoms with Crippen molar-refractivity contribution >= 4 is 46.8 Å². The molecule has 1 saturated carbocycles. The zero-order valence-electron chi connectivity index (χ0n) is 32.0. The quantitative estimate of drug-likeness (QED) is 0.309. The van der Waals surface area contributed by atoms with E-state index < -0.39 is 23.8 Å². The molecule has 8 rings (SSSR count). The van der Waals surface area contributed by atoms with Crippen LogP contribution in [0.15, 0.2) is 54.6 Å². The van der Waals surface area contributed by atoms with Gasteiger partial charge in [-0.25, -0.2) is 0 Å². The van der Waals surface area contributed by atoms with Crippen LogP contribution in [0.1, 0.15) is 88.3 Å². The predicted molar refractivity (Wildman–Crippen MR) is 209 cm³/mol. The number of rotatable bonds is 8. The number of nitriles is 1. The van der Waals surface area contributed by atoms with Gasteiger partial charge in [-0.05, 0) is 84.8 Å². The summed E-state index contributed by atoms with van der Waals surface area (Å²) in [6, 6.07) is 17.5. The van der Waals surface area contributed by atoms with Crippen molar-refractivity contribution in [2.24, 2.45) is 16.7 Å². The minimum absolute atomic E-state index is 0.0957. The highest BCUT2D eigenvalue weighted by Gasteiger charge is 2.64. The highest BCUT2D eigenvalue weighted by atomic mass is 35.5. The summed E-state index contributed by atoms with van der Waals surface area (Å²) in [6.45, 7) is 12.8. The fourth-order valence-electron chi connectivity index (χ4n) is 10.00. The maximum Gasteiger partial charge on any atom is 0.262 e. The molecular weight excluding hydrogens is 732 g/mol. The van der Waals surface area contributed by atoms with E-state index >= 15 is 0 Å². The molecule has 3 aromatic carbocycles. The molecule has 5 aliphatic rings. The second-order valence-corrected chi connectivity index (χ2v) is 17.4. The van der Waals surface area contributed by atoms with Crippen LogP contribution in [0.25, 0.3) is 0 Å². The number of hydrogen-bond donors (Lipinski definition) is 2. The van der Waals surface area contributed by atoms with Gasteiger partial charge in [-0.3, -0.25) is 39.1 Å². The highest BCUT2D eigenvalue weighted by molar-refractivity contribution is 6.31. The van der Waals surface area contributed by atoms with Crippen molar-refractivity contribution in [1.82, 2.24) is 20.4 Å². The van der Waals surface area contributed by atoms with Gasteiger partial charge in [0, 0.05) is 73.3 Å². The third-order valence-electron chi connectivity index (χ3n) is 12.6. The van der Waals surface area contributed by atoms with Crippen molar-refractivity contribution in [2.45, 2.75) is 71.6 Å². The van der Waals surface area contributed by atoms with Gasteiger partial charge < -0.3 is 15.0 Å². The number of hydrogen-bond acceptors (Lipinski definition) is 9. The van der Waals surface area contributed by atoms with Crippen LogP contribution >= 0.6 is 11.6 Å². The van der Waals surface area contributed by atoms with Gasteiger partial charge in [0.15, 0.2) is 0 Å². The number of piperazine rings is 1. The van der Waals surface area contributed by atoms with Crippen molar-refractivity contribution in [2.75, 3.05) is 37.6 Å². The van der Waals surface area contributed by atoms with Crippen LogP contribution in [0, 0.1) is 28.1 Å². The van der Waals surface area contributed by atoms with Crippen molar-refractivity contribution in [3.05, 3.63) is 93.0 Å². The number of amides is 5. The largest absolute Gasteiger partial charge is 0.489 e. The molecule has 0 bridgehead atoms. The number of carbonyl (C=O) groups excluding carboxylic acids is 5. The maximum atomic E-state index is 13.5. The number of anilines is 1. The summed E-state index contributed by atoms with van der Waals surface area (Å²) < 4.78 is 6.37. The van der Waals surface area contributed by atoms with Gasteiger partial charge in [0.2, 0.25) is 11.8 Å². The fraction of sp³-hybridized carbons (Fsp3) is 0.442. The number of piperidine rings is 1. The van der Waals surface area contributed by atoms with E-state index in [4.69, 9.17) is 16.3 Å². The SMILES string of the molecule is CC1(C)[C@H](NC(=O)c2ccc(N3CCN(CC4Cc5cc6c(cc5C4)C(=O)N([C@@H]4CCC(=O)NC4=O)C6=O)CC3)cc2)C(C)(C)[C@H]1Oc1ccc(C#N)c(Cl)c1. The number of halogens is 1. The number of nitrogens with zero attached hydrogens (tertiary/aromatic N) is 4. The minimum atomic E-state index is -0.963. The van der Waals surface area contributed by atoms with Gasteiger partial charge in [-0.2, -0.15) is 5.26 Å². The van der Waals surface area contributed by atoms with Crippen LogP contribution in [0.5, 0.6) is 5.75 Å². The van der Waals surface area contributed by atoms with E-state index in [0.29, 0.717) is 38.9 Å². The normalized spacial score (nSPS) is 24.2. The Hall–Kier alpha value is -5.25. The molecular formula is C43H45ClN6O6. The zero-order valence-corrected chi connectivity index (χ0v) is 32.7. The van der Waals surface area contributed by atoms with E-state index in [-0.39, 0.29) is 47.6 Å². The van der Waals surface area contributed by atoms with E-state index in [2.05, 4.69) is 54.2 Å². The smallest absolute Gasteiger partial charge is 0.262 e. The Morgan fingerprint density at radius 2 is 1.54 bits per heavy atom. The standard InChI is InChI=1S/C43H45ClN6O6/c1-42(2)40(43(3,4)41(42)56-30-10-7-26(22-45)33(44)21-30)47-36(52)25-5-8-29(9-6-25)49-15-13-48(14-16-49)23-24-17-27-19-31-32(20-28(27)18-24)39(55)50(38(31)54)34-11-12-35(51)46-37(34)53/h5-10,19-21,24,34,40-41H,11-18,23H2,1-4H3,(H,47,52)(H,46,51,53)/t34-,40-,41-/m1/s1. The number of fused-ring (bicyclic) bond motifs is 2. The molecule has 3 aromatic rings. The summed E-state index contributed by atoms with van der Waals surface area (Å²) in [4.78, 5) is 70.0. The second-order valence-electron chi connectivity index (χ2n) is 17.0. The van der Waals surface area contributed by atoms with Gasteiger partial charge >= 0.3 is 0 Å². The topological polar surface area (TPSA) is 152 Å². The fourth-order valence-corrected chi connectivity index (χ4v) is 10.2. The van der Waals surface area contributed by atoms with Gasteiger partial charge in [-0.15, -0.1) is 0 Å². The molecule has 5 amide bonds. The lowest BCUT2D eigenvalue weighted by molar-refractivity contribution is -0.164. The summed E-state index contributed by atoms with van der Waals surface area (Å²) in [5.41, 5.74) is 4.19. The first kappa shape index (κ1) is 37.7. The van der Waals surface area contributed by atoms with E-state index in [1.54, 1.807) is 18.2 Å². The summed E-state index contributed by atoms with van der Waals surface area (Å²) in [7, 11) is 0. The Kier molecular flexibility index (Phi) is 9.45. The van der Waals surface area contributed by atoms with Crippen molar-refractivity contribution in [3.63, 3.8) is 0 Å². The first-order chi connectivity index (χ1) is 26.6. The molecule has 2 aliphatic carbocycles. The molecule has 0 aromatic heterocycles. The summed E-state index contributed by atoms with van der Waals surface area (Å²) in [5, 5.41) is 15.1. The lowest BCUT2D eigenvalue weighted by atomic mass is 9.49. The first-order valence-electron chi connectivity index (χ1n) is 19.3. The third kappa shape index (κ3) is 6.50. The summed E-state index contributed by atoms with van der Waals surface area (Å²) in [5.74, 6) is -1.09. The Labute approximate surface area is 331 Å². The molecule has 56 heavy (non-hydrogen) atoms. The predicted octanol–water partition coefficient (Wildman–Crippen LogP) is 4.76. The summed E-state index contributed by atoms with van der Waals surface area (Å²) >= 11 is 6.24. The Bertz CT molecular complexity index is 2140. The second kappa shape index (κ2) is 14.0. The van der Waals surface area contributed by atoms with Crippen molar-refractivity contribution in [3.8, 4) is 11.8 Å². The molecule has 0 radical (unpaired) electrons. The zero-order chi connectivity index (χ0) is 39.7. The summed E-state index contributed by atoms with van der Waals surface area (Å²) in [6.07, 6.45) is 1.69. The number of imide groups is 2. The monoisotopic (exact) mass is 776 g/mol. The third-order valence-corrected chi connectivity index (χ3v) is 12.9. The minimum Gasteiger partial charge on any atom is -0.489 e. The molecule has 3 aliphatic heterocycles. The number of benzene rings is 3. The van der Waals surface area contributed by atoms with Crippen LogP contribution < -0.4 is 20.3 Å². The van der Waals surface area contributed by atoms with E-state index in [1.165, 1.54) is 0 Å². The van der Waals surface area contributed by atoms with Gasteiger partial charge in [0.25, 0.3) is 17.7 Å². The van der Waals surface area contributed by atoms with Crippen LogP contribution in [0.4, 0.5) is 5.69 Å². The average molecular weight is 777 g/mol. The Morgan fingerprint density at radius 3 is 2.11 bits per heavy atom.